The molecule has 1 aromatic carbocycles. The van der Waals surface area contributed by atoms with Gasteiger partial charge in [0.25, 0.3) is 0 Å². The Morgan fingerprint density at radius 1 is 1.55 bits per heavy atom. The van der Waals surface area contributed by atoms with Gasteiger partial charge in [0.1, 0.15) is 5.56 Å². The maximum atomic E-state index is 9.78. The van der Waals surface area contributed by atoms with E-state index in [1.807, 2.05) is 12.1 Å². The molecule has 0 aliphatic carbocycles. The first-order chi connectivity index (χ1) is 5.36. The van der Waals surface area contributed by atoms with Gasteiger partial charge in [-0.25, -0.2) is 0 Å². The molecule has 0 radical (unpaired) electrons. The predicted octanol–water partition coefficient (Wildman–Crippen LogP) is 2.60. The fraction of sp³-hybridized carbons (Fsp3) is 0.125. The molecule has 0 aromatic heterocycles. The zero-order valence-electron chi connectivity index (χ0n) is 5.75. The molecule has 0 bridgehead atoms. The standard InChI is InChI=1S/C8H6ClNO/c9-5-7-2-1-3-8(4-7)6-10-11/h1-4H,5H2. The largest absolute Gasteiger partial charge is 0.498 e. The van der Waals surface area contributed by atoms with E-state index >= 15 is 0 Å². The van der Waals surface area contributed by atoms with Gasteiger partial charge in [-0.15, -0.1) is 11.6 Å². The van der Waals surface area contributed by atoms with Gasteiger partial charge in [-0.2, -0.15) is 0 Å². The highest BCUT2D eigenvalue weighted by Gasteiger charge is 1.95. The van der Waals surface area contributed by atoms with E-state index in [2.05, 4.69) is 11.1 Å². The number of hydrogen-bond donors (Lipinski definition) is 0. The van der Waals surface area contributed by atoms with Crippen molar-refractivity contribution >= 4 is 11.6 Å². The van der Waals surface area contributed by atoms with E-state index in [-0.39, 0.29) is 0 Å². The topological polar surface area (TPSA) is 27.4 Å². The Morgan fingerprint density at radius 3 is 3.00 bits per heavy atom. The monoisotopic (exact) mass is 167 g/mol. The van der Waals surface area contributed by atoms with Crippen LogP contribution in [0.4, 0.5) is 0 Å². The van der Waals surface area contributed by atoms with Crippen molar-refractivity contribution in [2.24, 2.45) is 0 Å². The normalized spacial score (nSPS) is 8.45. The van der Waals surface area contributed by atoms with Crippen molar-refractivity contribution in [3.05, 3.63) is 45.6 Å². The van der Waals surface area contributed by atoms with E-state index in [1.54, 1.807) is 12.1 Å². The predicted molar refractivity (Wildman–Crippen MR) is 45.7 cm³/mol. The van der Waals surface area contributed by atoms with Crippen LogP contribution in [0.5, 0.6) is 0 Å². The number of benzene rings is 1. The summed E-state index contributed by atoms with van der Waals surface area (Å²) in [5, 5.41) is 12.3. The zero-order chi connectivity index (χ0) is 8.10. The summed E-state index contributed by atoms with van der Waals surface area (Å²) < 4.78 is 0. The molecule has 56 valence electrons. The molecule has 1 rings (SSSR count). The van der Waals surface area contributed by atoms with Gasteiger partial charge in [0.05, 0.1) is 0 Å². The quantitative estimate of drug-likeness (QED) is 0.467. The van der Waals surface area contributed by atoms with Crippen LogP contribution in [0.25, 0.3) is 5.01 Å². The summed E-state index contributed by atoms with van der Waals surface area (Å²) in [5.74, 6) is 0.439. The molecule has 0 fully saturated rings. The molecular weight excluding hydrogens is 162 g/mol. The van der Waals surface area contributed by atoms with Crippen molar-refractivity contribution in [3.63, 3.8) is 0 Å². The van der Waals surface area contributed by atoms with Crippen LogP contribution in [0.3, 0.4) is 0 Å². The minimum atomic E-state index is 0.439. The van der Waals surface area contributed by atoms with Crippen LogP contribution in [0.2, 0.25) is 0 Å². The second kappa shape index (κ2) is 3.85. The first-order valence-corrected chi connectivity index (χ1v) is 3.63. The van der Waals surface area contributed by atoms with Crippen LogP contribution < -0.4 is 0 Å². The Labute approximate surface area is 69.8 Å². The lowest BCUT2D eigenvalue weighted by molar-refractivity contribution is 1.39. The van der Waals surface area contributed by atoms with Gasteiger partial charge < -0.3 is 5.21 Å². The molecule has 0 aliphatic heterocycles. The fourth-order valence-corrected chi connectivity index (χ4v) is 0.943. The molecule has 0 atom stereocenters. The highest BCUT2D eigenvalue weighted by Crippen LogP contribution is 2.06. The van der Waals surface area contributed by atoms with Crippen molar-refractivity contribution < 1.29 is 0 Å². The van der Waals surface area contributed by atoms with Gasteiger partial charge in [-0.05, 0) is 17.7 Å². The van der Waals surface area contributed by atoms with Gasteiger partial charge in [0.15, 0.2) is 0 Å². The molecule has 11 heavy (non-hydrogen) atoms. The minimum Gasteiger partial charge on any atom is -0.498 e. The summed E-state index contributed by atoms with van der Waals surface area (Å²) >= 11 is 5.56. The molecule has 1 aromatic rings. The number of nitrogens with zero attached hydrogens (tertiary/aromatic N) is 1. The molecule has 0 amide bonds. The Hall–Kier alpha value is -1.20. The van der Waals surface area contributed by atoms with Crippen LogP contribution in [0.1, 0.15) is 11.1 Å². The van der Waals surface area contributed by atoms with Crippen LogP contribution >= 0.6 is 11.6 Å². The lowest BCUT2D eigenvalue weighted by Crippen LogP contribution is -1.78. The van der Waals surface area contributed by atoms with E-state index < -0.39 is 0 Å². The third-order valence-electron chi connectivity index (χ3n) is 1.26. The Bertz CT molecular complexity index is 300. The molecule has 0 N–H and O–H groups in total. The van der Waals surface area contributed by atoms with Gasteiger partial charge >= 0.3 is 6.07 Å². The van der Waals surface area contributed by atoms with Crippen LogP contribution in [0, 0.1) is 11.3 Å². The average molecular weight is 168 g/mol. The Balaban J connectivity index is 2.97. The smallest absolute Gasteiger partial charge is 0.336 e. The lowest BCUT2D eigenvalue weighted by Gasteiger charge is -1.91. The molecule has 0 saturated carbocycles. The van der Waals surface area contributed by atoms with Gasteiger partial charge in [0, 0.05) is 10.9 Å². The number of alkyl halides is 1. The SMILES string of the molecule is [O-][N+]#Cc1cccc(CCl)c1. The summed E-state index contributed by atoms with van der Waals surface area (Å²) in [7, 11) is 0. The number of hydrogen-bond acceptors (Lipinski definition) is 1. The average Bonchev–Trinajstić information content (AvgIpc) is 2.06. The van der Waals surface area contributed by atoms with Gasteiger partial charge in [0.2, 0.25) is 0 Å². The zero-order valence-corrected chi connectivity index (χ0v) is 6.51. The summed E-state index contributed by atoms with van der Waals surface area (Å²) in [6.45, 7) is 0. The van der Waals surface area contributed by atoms with E-state index in [1.165, 1.54) is 0 Å². The first kappa shape index (κ1) is 7.90. The maximum Gasteiger partial charge on any atom is 0.336 e. The van der Waals surface area contributed by atoms with Crippen molar-refractivity contribution in [1.29, 1.82) is 0 Å². The first-order valence-electron chi connectivity index (χ1n) is 3.10. The van der Waals surface area contributed by atoms with E-state index in [9.17, 15) is 5.21 Å². The molecule has 2 nitrogen and oxygen atoms in total. The van der Waals surface area contributed by atoms with Crippen LogP contribution in [-0.4, -0.2) is 0 Å². The third kappa shape index (κ3) is 2.14. The van der Waals surface area contributed by atoms with Crippen molar-refractivity contribution in [2.45, 2.75) is 5.88 Å². The van der Waals surface area contributed by atoms with Crippen LogP contribution in [-0.2, 0) is 5.88 Å². The fourth-order valence-electron chi connectivity index (χ4n) is 0.777. The van der Waals surface area contributed by atoms with Crippen molar-refractivity contribution in [2.75, 3.05) is 0 Å². The summed E-state index contributed by atoms with van der Waals surface area (Å²) in [4.78, 5) is 0. The van der Waals surface area contributed by atoms with E-state index in [0.717, 1.165) is 5.56 Å². The molecule has 3 heteroatoms. The lowest BCUT2D eigenvalue weighted by atomic mass is 10.2. The number of rotatable bonds is 1. The number of halogens is 1. The van der Waals surface area contributed by atoms with Crippen LogP contribution in [0.15, 0.2) is 24.3 Å². The Kier molecular flexibility index (Phi) is 2.76. The van der Waals surface area contributed by atoms with E-state index in [4.69, 9.17) is 11.6 Å². The third-order valence-corrected chi connectivity index (χ3v) is 1.56. The molecule has 0 aliphatic rings. The second-order valence-electron chi connectivity index (χ2n) is 2.04. The van der Waals surface area contributed by atoms with Crippen molar-refractivity contribution in [1.82, 2.24) is 0 Å². The molecule has 0 unspecified atom stereocenters. The van der Waals surface area contributed by atoms with Crippen molar-refractivity contribution in [3.8, 4) is 6.07 Å². The summed E-state index contributed by atoms with van der Waals surface area (Å²) in [6, 6.07) is 9.50. The summed E-state index contributed by atoms with van der Waals surface area (Å²) in [6.07, 6.45) is 0. The minimum absolute atomic E-state index is 0.439. The molecular formula is C8H6ClNO. The molecule has 0 heterocycles. The maximum absolute atomic E-state index is 9.78. The Morgan fingerprint density at radius 2 is 2.36 bits per heavy atom. The molecule has 0 saturated heterocycles. The molecule has 0 spiro atoms. The van der Waals surface area contributed by atoms with Gasteiger partial charge in [-0.1, -0.05) is 12.1 Å². The summed E-state index contributed by atoms with van der Waals surface area (Å²) in [5.41, 5.74) is 1.62. The van der Waals surface area contributed by atoms with E-state index in [0.29, 0.717) is 11.4 Å². The highest BCUT2D eigenvalue weighted by atomic mass is 35.5. The highest BCUT2D eigenvalue weighted by molar-refractivity contribution is 6.17. The second-order valence-corrected chi connectivity index (χ2v) is 2.30. The van der Waals surface area contributed by atoms with Gasteiger partial charge in [-0.3, -0.25) is 0 Å².